The van der Waals surface area contributed by atoms with Crippen molar-refractivity contribution < 1.29 is 9.90 Å². The molecular weight excluding hydrogens is 192 g/mol. The van der Waals surface area contributed by atoms with Gasteiger partial charge in [0.2, 0.25) is 0 Å². The smallest absolute Gasteiger partial charge is 0.304 e. The van der Waals surface area contributed by atoms with Gasteiger partial charge in [-0.15, -0.1) is 0 Å². The van der Waals surface area contributed by atoms with Gasteiger partial charge >= 0.3 is 5.97 Å². The summed E-state index contributed by atoms with van der Waals surface area (Å²) in [5.41, 5.74) is 0. The monoisotopic (exact) mass is 214 g/mol. The molecule has 0 aromatic carbocycles. The first-order valence-corrected chi connectivity index (χ1v) is 5.79. The van der Waals surface area contributed by atoms with E-state index in [1.54, 1.807) is 0 Å². The van der Waals surface area contributed by atoms with E-state index < -0.39 is 5.97 Å². The third-order valence-electron chi connectivity index (χ3n) is 2.97. The van der Waals surface area contributed by atoms with E-state index in [4.69, 9.17) is 5.11 Å². The third-order valence-corrected chi connectivity index (χ3v) is 2.97. The van der Waals surface area contributed by atoms with Crippen LogP contribution in [-0.2, 0) is 4.79 Å². The average Bonchev–Trinajstić information content (AvgIpc) is 2.17. The molecule has 0 aliphatic carbocycles. The lowest BCUT2D eigenvalue weighted by molar-refractivity contribution is -0.136. The van der Waals surface area contributed by atoms with Crippen molar-refractivity contribution in [1.29, 1.82) is 0 Å². The van der Waals surface area contributed by atoms with Crippen molar-refractivity contribution in [2.45, 2.75) is 25.7 Å². The van der Waals surface area contributed by atoms with Crippen molar-refractivity contribution >= 4 is 5.97 Å². The molecule has 4 nitrogen and oxygen atoms in total. The Bertz CT molecular complexity index is 197. The number of nitrogens with zero attached hydrogens (tertiary/aromatic N) is 1. The molecule has 0 radical (unpaired) electrons. The Balaban J connectivity index is 1.97. The Morgan fingerprint density at radius 2 is 2.33 bits per heavy atom. The molecule has 0 saturated carbocycles. The number of hydrogen-bond acceptors (Lipinski definition) is 3. The van der Waals surface area contributed by atoms with Crippen LogP contribution < -0.4 is 5.32 Å². The lowest BCUT2D eigenvalue weighted by atomic mass is 9.95. The third kappa shape index (κ3) is 5.74. The maximum atomic E-state index is 10.3. The minimum atomic E-state index is -0.722. The van der Waals surface area contributed by atoms with Gasteiger partial charge in [-0.2, -0.15) is 0 Å². The van der Waals surface area contributed by atoms with Crippen LogP contribution in [0.15, 0.2) is 0 Å². The Kier molecular flexibility index (Phi) is 5.65. The van der Waals surface area contributed by atoms with Crippen LogP contribution in [-0.4, -0.2) is 49.2 Å². The summed E-state index contributed by atoms with van der Waals surface area (Å²) in [6.07, 6.45) is 4.02. The molecule has 4 heteroatoms. The van der Waals surface area contributed by atoms with E-state index in [1.165, 1.54) is 32.4 Å². The van der Waals surface area contributed by atoms with Gasteiger partial charge in [0.1, 0.15) is 0 Å². The van der Waals surface area contributed by atoms with Crippen LogP contribution in [0.5, 0.6) is 0 Å². The summed E-state index contributed by atoms with van der Waals surface area (Å²) >= 11 is 0. The van der Waals surface area contributed by atoms with Crippen LogP contribution in [0.3, 0.4) is 0 Å². The number of hydrogen-bond donors (Lipinski definition) is 2. The Labute approximate surface area is 91.6 Å². The van der Waals surface area contributed by atoms with Crippen molar-refractivity contribution in [1.82, 2.24) is 10.2 Å². The van der Waals surface area contributed by atoms with Gasteiger partial charge in [0.25, 0.3) is 0 Å². The number of carbonyl (C=O) groups is 1. The lowest BCUT2D eigenvalue weighted by Gasteiger charge is -2.29. The summed E-state index contributed by atoms with van der Waals surface area (Å²) < 4.78 is 0. The molecule has 1 fully saturated rings. The fourth-order valence-corrected chi connectivity index (χ4v) is 2.14. The lowest BCUT2D eigenvalue weighted by Crippen LogP contribution is -2.33. The SMILES string of the molecule is CN1CCCC(CCNCCC(=O)O)C1. The summed E-state index contributed by atoms with van der Waals surface area (Å²) in [6.45, 7) is 3.97. The molecule has 1 atom stereocenters. The topological polar surface area (TPSA) is 52.6 Å². The summed E-state index contributed by atoms with van der Waals surface area (Å²) in [7, 11) is 2.17. The molecule has 0 amide bonds. The van der Waals surface area contributed by atoms with Gasteiger partial charge in [-0.25, -0.2) is 0 Å². The van der Waals surface area contributed by atoms with Gasteiger partial charge < -0.3 is 15.3 Å². The second-order valence-corrected chi connectivity index (χ2v) is 4.45. The number of aliphatic carboxylic acids is 1. The molecule has 1 rings (SSSR count). The van der Waals surface area contributed by atoms with Gasteiger partial charge in [-0.1, -0.05) is 0 Å². The van der Waals surface area contributed by atoms with Crippen LogP contribution in [0, 0.1) is 5.92 Å². The van der Waals surface area contributed by atoms with Gasteiger partial charge in [0.05, 0.1) is 6.42 Å². The first kappa shape index (κ1) is 12.5. The van der Waals surface area contributed by atoms with Crippen LogP contribution in [0.4, 0.5) is 0 Å². The van der Waals surface area contributed by atoms with Crippen molar-refractivity contribution in [2.75, 3.05) is 33.2 Å². The Morgan fingerprint density at radius 1 is 1.53 bits per heavy atom. The first-order chi connectivity index (χ1) is 7.18. The standard InChI is InChI=1S/C11H22N2O2/c1-13-8-2-3-10(9-13)4-6-12-7-5-11(14)15/h10,12H,2-9H2,1H3,(H,14,15). The minimum absolute atomic E-state index is 0.227. The predicted molar refractivity (Wildman–Crippen MR) is 60.0 cm³/mol. The van der Waals surface area contributed by atoms with E-state index in [9.17, 15) is 4.79 Å². The molecule has 15 heavy (non-hydrogen) atoms. The molecule has 0 spiro atoms. The highest BCUT2D eigenvalue weighted by molar-refractivity contribution is 5.66. The van der Waals surface area contributed by atoms with E-state index >= 15 is 0 Å². The second-order valence-electron chi connectivity index (χ2n) is 4.45. The largest absolute Gasteiger partial charge is 0.481 e. The van der Waals surface area contributed by atoms with Crippen molar-refractivity contribution in [3.8, 4) is 0 Å². The molecule has 1 saturated heterocycles. The summed E-state index contributed by atoms with van der Waals surface area (Å²) in [6, 6.07) is 0. The van der Waals surface area contributed by atoms with E-state index in [0.29, 0.717) is 6.54 Å². The van der Waals surface area contributed by atoms with Gasteiger partial charge in [-0.3, -0.25) is 4.79 Å². The first-order valence-electron chi connectivity index (χ1n) is 5.79. The minimum Gasteiger partial charge on any atom is -0.481 e. The van der Waals surface area contributed by atoms with Crippen molar-refractivity contribution in [3.63, 3.8) is 0 Å². The van der Waals surface area contributed by atoms with E-state index in [-0.39, 0.29) is 6.42 Å². The number of rotatable bonds is 6. The molecule has 1 aliphatic heterocycles. The Hall–Kier alpha value is -0.610. The van der Waals surface area contributed by atoms with Gasteiger partial charge in [-0.05, 0) is 45.3 Å². The average molecular weight is 214 g/mol. The van der Waals surface area contributed by atoms with Crippen LogP contribution >= 0.6 is 0 Å². The zero-order valence-electron chi connectivity index (χ0n) is 9.54. The summed E-state index contributed by atoms with van der Waals surface area (Å²) in [5.74, 6) is 0.0703. The molecule has 88 valence electrons. The van der Waals surface area contributed by atoms with Crippen LogP contribution in [0.1, 0.15) is 25.7 Å². The number of carboxylic acid groups (broad SMARTS) is 1. The molecule has 0 aromatic heterocycles. The summed E-state index contributed by atoms with van der Waals surface area (Å²) in [5, 5.41) is 11.6. The maximum Gasteiger partial charge on any atom is 0.304 e. The molecule has 0 aromatic rings. The molecule has 1 heterocycles. The number of likely N-dealkylation sites (tertiary alicyclic amines) is 1. The molecule has 1 unspecified atom stereocenters. The highest BCUT2D eigenvalue weighted by Gasteiger charge is 2.16. The van der Waals surface area contributed by atoms with Gasteiger partial charge in [0.15, 0.2) is 0 Å². The fourth-order valence-electron chi connectivity index (χ4n) is 2.14. The van der Waals surface area contributed by atoms with E-state index in [2.05, 4.69) is 17.3 Å². The van der Waals surface area contributed by atoms with Gasteiger partial charge in [0, 0.05) is 13.1 Å². The maximum absolute atomic E-state index is 10.3. The van der Waals surface area contributed by atoms with Crippen LogP contribution in [0.25, 0.3) is 0 Å². The fraction of sp³-hybridized carbons (Fsp3) is 0.909. The van der Waals surface area contributed by atoms with Crippen LogP contribution in [0.2, 0.25) is 0 Å². The normalized spacial score (nSPS) is 22.9. The highest BCUT2D eigenvalue weighted by atomic mass is 16.4. The molecular formula is C11H22N2O2. The quantitative estimate of drug-likeness (QED) is 0.642. The molecule has 1 aliphatic rings. The van der Waals surface area contributed by atoms with E-state index in [0.717, 1.165) is 12.5 Å². The summed E-state index contributed by atoms with van der Waals surface area (Å²) in [4.78, 5) is 12.6. The number of carboxylic acids is 1. The predicted octanol–water partition coefficient (Wildman–Crippen LogP) is 0.783. The van der Waals surface area contributed by atoms with Crippen molar-refractivity contribution in [3.05, 3.63) is 0 Å². The molecule has 0 bridgehead atoms. The second kappa shape index (κ2) is 6.80. The van der Waals surface area contributed by atoms with E-state index in [1.807, 2.05) is 0 Å². The zero-order valence-corrected chi connectivity index (χ0v) is 9.54. The van der Waals surface area contributed by atoms with Crippen molar-refractivity contribution in [2.24, 2.45) is 5.92 Å². The number of nitrogens with one attached hydrogen (secondary N) is 1. The highest BCUT2D eigenvalue weighted by Crippen LogP contribution is 2.17. The number of piperidine rings is 1. The molecule has 2 N–H and O–H groups in total. The Morgan fingerprint density at radius 3 is 3.00 bits per heavy atom. The zero-order chi connectivity index (χ0) is 11.1.